The maximum Gasteiger partial charge on any atom is 0.332 e. The van der Waals surface area contributed by atoms with Crippen LogP contribution in [0.2, 0.25) is 0 Å². The Balaban J connectivity index is 1.63. The van der Waals surface area contributed by atoms with Crippen LogP contribution in [0.4, 0.5) is 5.69 Å². The minimum atomic E-state index is -0.287. The predicted octanol–water partition coefficient (Wildman–Crippen LogP) is 4.97. The minimum absolute atomic E-state index is 0.0172. The van der Waals surface area contributed by atoms with Gasteiger partial charge in [-0.2, -0.15) is 0 Å². The number of carbonyl (C=O) groups is 1. The Morgan fingerprint density at radius 3 is 2.33 bits per heavy atom. The van der Waals surface area contributed by atoms with Crippen LogP contribution < -0.4 is 4.90 Å². The molecule has 6 heteroatoms. The van der Waals surface area contributed by atoms with Crippen molar-refractivity contribution in [2.75, 3.05) is 38.3 Å². The number of pyridine rings is 1. The number of aromatic nitrogens is 2. The second-order valence-corrected chi connectivity index (χ2v) is 9.46. The van der Waals surface area contributed by atoms with Crippen LogP contribution >= 0.6 is 0 Å². The van der Waals surface area contributed by atoms with Crippen molar-refractivity contribution in [2.45, 2.75) is 47.5 Å². The van der Waals surface area contributed by atoms with Gasteiger partial charge in [-0.25, -0.2) is 9.78 Å². The molecule has 0 N–H and O–H groups in total. The zero-order chi connectivity index (χ0) is 23.7. The normalized spacial score (nSPS) is 14.8. The molecule has 0 bridgehead atoms. The number of piperidine rings is 1. The molecule has 4 rings (SSSR count). The van der Waals surface area contributed by atoms with Crippen LogP contribution in [0.15, 0.2) is 24.4 Å². The van der Waals surface area contributed by atoms with E-state index in [4.69, 9.17) is 14.5 Å². The highest BCUT2D eigenvalue weighted by atomic mass is 16.6. The molecule has 3 heterocycles. The van der Waals surface area contributed by atoms with Gasteiger partial charge in [0.15, 0.2) is 0 Å². The third-order valence-electron chi connectivity index (χ3n) is 6.63. The molecule has 0 saturated carbocycles. The number of benzene rings is 1. The SMILES string of the molecule is COCC(=O)OCC1CCN(c2cc(C)nc3c2c(C)cn3-c2c(C)cc(C)cc2C)CC1. The lowest BCUT2D eigenvalue weighted by atomic mass is 9.97. The van der Waals surface area contributed by atoms with E-state index >= 15 is 0 Å². The molecule has 0 radical (unpaired) electrons. The van der Waals surface area contributed by atoms with Gasteiger partial charge in [-0.15, -0.1) is 0 Å². The standard InChI is InChI=1S/C27H35N3O3/c1-17-11-18(2)26(19(3)12-17)30-14-20(4)25-23(13-21(5)28-27(25)30)29-9-7-22(8-10-29)15-33-24(31)16-32-6/h11-14,22H,7-10,15-16H2,1-6H3. The van der Waals surface area contributed by atoms with Gasteiger partial charge in [-0.3, -0.25) is 0 Å². The van der Waals surface area contributed by atoms with Gasteiger partial charge in [-0.05, 0) is 76.1 Å². The largest absolute Gasteiger partial charge is 0.464 e. The molecular weight excluding hydrogens is 414 g/mol. The van der Waals surface area contributed by atoms with Gasteiger partial charge in [0.25, 0.3) is 0 Å². The monoisotopic (exact) mass is 449 g/mol. The van der Waals surface area contributed by atoms with E-state index in [1.54, 1.807) is 0 Å². The molecule has 176 valence electrons. The van der Waals surface area contributed by atoms with Gasteiger partial charge in [-0.1, -0.05) is 17.7 Å². The number of fused-ring (bicyclic) bond motifs is 1. The zero-order valence-electron chi connectivity index (χ0n) is 20.7. The molecule has 0 atom stereocenters. The minimum Gasteiger partial charge on any atom is -0.464 e. The number of aryl methyl sites for hydroxylation is 5. The first-order valence-corrected chi connectivity index (χ1v) is 11.8. The van der Waals surface area contributed by atoms with E-state index < -0.39 is 0 Å². The van der Waals surface area contributed by atoms with E-state index in [0.29, 0.717) is 12.5 Å². The third kappa shape index (κ3) is 4.76. The Kier molecular flexibility index (Phi) is 6.75. The van der Waals surface area contributed by atoms with Crippen molar-refractivity contribution >= 4 is 22.7 Å². The fourth-order valence-electron chi connectivity index (χ4n) is 5.19. The average Bonchev–Trinajstić information content (AvgIpc) is 3.07. The molecule has 2 aromatic heterocycles. The lowest BCUT2D eigenvalue weighted by Gasteiger charge is -2.34. The summed E-state index contributed by atoms with van der Waals surface area (Å²) >= 11 is 0. The number of ether oxygens (including phenoxy) is 2. The Bertz CT molecular complexity index is 1150. The smallest absolute Gasteiger partial charge is 0.332 e. The molecule has 0 spiro atoms. The van der Waals surface area contributed by atoms with Crippen molar-refractivity contribution in [3.63, 3.8) is 0 Å². The molecular formula is C27H35N3O3. The van der Waals surface area contributed by atoms with E-state index in [0.717, 1.165) is 37.3 Å². The van der Waals surface area contributed by atoms with Crippen molar-refractivity contribution in [3.8, 4) is 5.69 Å². The van der Waals surface area contributed by atoms with E-state index in [2.05, 4.69) is 68.5 Å². The summed E-state index contributed by atoms with van der Waals surface area (Å²) in [5, 5.41) is 1.23. The Labute approximate surface area is 196 Å². The molecule has 0 aliphatic carbocycles. The summed E-state index contributed by atoms with van der Waals surface area (Å²) in [7, 11) is 1.51. The first-order chi connectivity index (χ1) is 15.8. The summed E-state index contributed by atoms with van der Waals surface area (Å²) in [4.78, 5) is 19.1. The van der Waals surface area contributed by atoms with E-state index in [1.165, 1.54) is 46.1 Å². The van der Waals surface area contributed by atoms with Crippen molar-refractivity contribution < 1.29 is 14.3 Å². The predicted molar refractivity (Wildman–Crippen MR) is 133 cm³/mol. The summed E-state index contributed by atoms with van der Waals surface area (Å²) in [6, 6.07) is 6.70. The number of nitrogens with zero attached hydrogens (tertiary/aromatic N) is 3. The lowest BCUT2D eigenvalue weighted by Crippen LogP contribution is -2.35. The third-order valence-corrected chi connectivity index (χ3v) is 6.63. The van der Waals surface area contributed by atoms with E-state index in [1.807, 2.05) is 0 Å². The van der Waals surface area contributed by atoms with E-state index in [9.17, 15) is 4.79 Å². The van der Waals surface area contributed by atoms with Crippen LogP contribution in [-0.4, -0.2) is 48.9 Å². The average molecular weight is 450 g/mol. The Hall–Kier alpha value is -2.86. The number of methoxy groups -OCH3 is 1. The molecule has 33 heavy (non-hydrogen) atoms. The molecule has 0 amide bonds. The number of hydrogen-bond acceptors (Lipinski definition) is 5. The number of esters is 1. The Morgan fingerprint density at radius 2 is 1.70 bits per heavy atom. The molecule has 1 aromatic carbocycles. The van der Waals surface area contributed by atoms with Crippen molar-refractivity contribution in [1.82, 2.24) is 9.55 Å². The van der Waals surface area contributed by atoms with Crippen LogP contribution in [0.5, 0.6) is 0 Å². The van der Waals surface area contributed by atoms with E-state index in [-0.39, 0.29) is 12.6 Å². The van der Waals surface area contributed by atoms with Gasteiger partial charge in [0.1, 0.15) is 12.3 Å². The topological polar surface area (TPSA) is 56.6 Å². The van der Waals surface area contributed by atoms with Gasteiger partial charge < -0.3 is 18.9 Å². The molecule has 1 saturated heterocycles. The highest BCUT2D eigenvalue weighted by molar-refractivity contribution is 5.95. The highest BCUT2D eigenvalue weighted by Gasteiger charge is 2.24. The van der Waals surface area contributed by atoms with Crippen LogP contribution in [-0.2, 0) is 14.3 Å². The fourth-order valence-corrected chi connectivity index (χ4v) is 5.19. The molecule has 1 fully saturated rings. The molecule has 3 aromatic rings. The summed E-state index contributed by atoms with van der Waals surface area (Å²) in [5.74, 6) is 0.106. The van der Waals surface area contributed by atoms with Crippen LogP contribution in [0, 0.1) is 40.5 Å². The highest BCUT2D eigenvalue weighted by Crippen LogP contribution is 2.36. The van der Waals surface area contributed by atoms with Gasteiger partial charge in [0.05, 0.1) is 12.3 Å². The lowest BCUT2D eigenvalue weighted by molar-refractivity contribution is -0.149. The van der Waals surface area contributed by atoms with Gasteiger partial charge >= 0.3 is 5.97 Å². The summed E-state index contributed by atoms with van der Waals surface area (Å²) in [6.07, 6.45) is 4.23. The molecule has 1 aliphatic rings. The molecule has 0 unspecified atom stereocenters. The summed E-state index contributed by atoms with van der Waals surface area (Å²) < 4.78 is 12.5. The van der Waals surface area contributed by atoms with Crippen LogP contribution in [0.1, 0.15) is 40.8 Å². The second-order valence-electron chi connectivity index (χ2n) is 9.46. The first kappa shape index (κ1) is 23.3. The maximum absolute atomic E-state index is 11.6. The zero-order valence-corrected chi connectivity index (χ0v) is 20.7. The quantitative estimate of drug-likeness (QED) is 0.497. The van der Waals surface area contributed by atoms with Crippen LogP contribution in [0.3, 0.4) is 0 Å². The summed E-state index contributed by atoms with van der Waals surface area (Å²) in [6.45, 7) is 13.1. The number of hydrogen-bond donors (Lipinski definition) is 0. The van der Waals surface area contributed by atoms with Gasteiger partial charge in [0.2, 0.25) is 0 Å². The number of carbonyl (C=O) groups excluding carboxylic acids is 1. The Morgan fingerprint density at radius 1 is 1.03 bits per heavy atom. The van der Waals surface area contributed by atoms with Crippen molar-refractivity contribution in [3.05, 3.63) is 52.3 Å². The van der Waals surface area contributed by atoms with Crippen molar-refractivity contribution in [1.29, 1.82) is 0 Å². The fraction of sp³-hybridized carbons (Fsp3) is 0.481. The maximum atomic E-state index is 11.6. The van der Waals surface area contributed by atoms with Gasteiger partial charge in [0, 0.05) is 43.2 Å². The molecule has 6 nitrogen and oxygen atoms in total. The first-order valence-electron chi connectivity index (χ1n) is 11.8. The molecule has 1 aliphatic heterocycles. The summed E-state index contributed by atoms with van der Waals surface area (Å²) in [5.41, 5.74) is 9.56. The number of anilines is 1. The number of rotatable bonds is 6. The second kappa shape index (κ2) is 9.56. The van der Waals surface area contributed by atoms with Crippen molar-refractivity contribution in [2.24, 2.45) is 5.92 Å². The van der Waals surface area contributed by atoms with Crippen LogP contribution in [0.25, 0.3) is 16.7 Å².